The van der Waals surface area contributed by atoms with Crippen molar-refractivity contribution in [2.75, 3.05) is 0 Å². The lowest BCUT2D eigenvalue weighted by Crippen LogP contribution is -2.11. The molecule has 4 aromatic rings. The number of phenols is 3. The highest BCUT2D eigenvalue weighted by Gasteiger charge is 2.31. The Morgan fingerprint density at radius 1 is 0.357 bits per heavy atom. The molecule has 3 heteroatoms. The first-order chi connectivity index (χ1) is 19.6. The third kappa shape index (κ3) is 5.30. The number of hydrogen-bond acceptors (Lipinski definition) is 3. The predicted octanol–water partition coefficient (Wildman–Crippen LogP) is 11.0. The summed E-state index contributed by atoms with van der Waals surface area (Å²) in [6, 6.07) is 12.7. The van der Waals surface area contributed by atoms with Gasteiger partial charge in [-0.05, 0) is 179 Å². The standard InChI is InChI=1S/C39H48O3/c1-19(2)31-34(28-13-22(7)37(40)23(8)14-28)32(20(3)4)36(30-17-26(11)39(42)27(12)18-30)33(21(5)6)35(31)29-15-24(9)38(41)25(10)16-29/h13-21,40-42H,1-12H3. The molecule has 0 aliphatic heterocycles. The summed E-state index contributed by atoms with van der Waals surface area (Å²) in [5.41, 5.74) is 16.0. The normalized spacial score (nSPS) is 11.8. The number of aryl methyl sites for hydroxylation is 6. The maximum absolute atomic E-state index is 10.7. The highest BCUT2D eigenvalue weighted by Crippen LogP contribution is 2.53. The third-order valence-electron chi connectivity index (χ3n) is 8.69. The van der Waals surface area contributed by atoms with E-state index in [2.05, 4.69) is 77.9 Å². The van der Waals surface area contributed by atoms with Gasteiger partial charge in [0, 0.05) is 0 Å². The van der Waals surface area contributed by atoms with E-state index in [1.54, 1.807) is 0 Å². The fraction of sp³-hybridized carbons (Fsp3) is 0.385. The smallest absolute Gasteiger partial charge is 0.121 e. The molecule has 0 atom stereocenters. The van der Waals surface area contributed by atoms with Crippen LogP contribution in [-0.4, -0.2) is 15.3 Å². The van der Waals surface area contributed by atoms with Gasteiger partial charge >= 0.3 is 0 Å². The summed E-state index contributed by atoms with van der Waals surface area (Å²) in [4.78, 5) is 0. The first kappa shape index (κ1) is 31.2. The van der Waals surface area contributed by atoms with Crippen molar-refractivity contribution in [3.8, 4) is 50.6 Å². The van der Waals surface area contributed by atoms with Crippen molar-refractivity contribution >= 4 is 0 Å². The van der Waals surface area contributed by atoms with Gasteiger partial charge in [0.25, 0.3) is 0 Å². The molecule has 0 amide bonds. The molecule has 0 spiro atoms. The Kier molecular flexibility index (Phi) is 8.56. The summed E-state index contributed by atoms with van der Waals surface area (Å²) in [6.07, 6.45) is 0. The molecule has 42 heavy (non-hydrogen) atoms. The van der Waals surface area contributed by atoms with Crippen LogP contribution >= 0.6 is 0 Å². The van der Waals surface area contributed by atoms with Crippen molar-refractivity contribution in [2.45, 2.75) is 101 Å². The lowest BCUT2D eigenvalue weighted by molar-refractivity contribution is 0.466. The number of hydrogen-bond donors (Lipinski definition) is 3. The van der Waals surface area contributed by atoms with E-state index in [4.69, 9.17) is 0 Å². The van der Waals surface area contributed by atoms with E-state index >= 15 is 0 Å². The van der Waals surface area contributed by atoms with Gasteiger partial charge in [-0.1, -0.05) is 41.5 Å². The first-order valence-electron chi connectivity index (χ1n) is 15.2. The Balaban J connectivity index is 2.41. The summed E-state index contributed by atoms with van der Waals surface area (Å²) in [6.45, 7) is 25.4. The molecular formula is C39H48O3. The molecule has 3 nitrogen and oxygen atoms in total. The Morgan fingerprint density at radius 3 is 0.667 bits per heavy atom. The van der Waals surface area contributed by atoms with Gasteiger partial charge in [-0.25, -0.2) is 0 Å². The Bertz CT molecular complexity index is 1400. The van der Waals surface area contributed by atoms with Crippen LogP contribution < -0.4 is 0 Å². The minimum atomic E-state index is 0.200. The summed E-state index contributed by atoms with van der Waals surface area (Å²) >= 11 is 0. The van der Waals surface area contributed by atoms with Crippen LogP contribution in [0.5, 0.6) is 17.2 Å². The van der Waals surface area contributed by atoms with Gasteiger partial charge in [0.15, 0.2) is 0 Å². The second-order valence-corrected chi connectivity index (χ2v) is 13.2. The summed E-state index contributed by atoms with van der Waals surface area (Å²) < 4.78 is 0. The Hall–Kier alpha value is -3.72. The van der Waals surface area contributed by atoms with E-state index in [1.807, 2.05) is 41.5 Å². The molecule has 0 heterocycles. The summed E-state index contributed by atoms with van der Waals surface area (Å²) in [5, 5.41) is 32.2. The number of phenolic OH excluding ortho intramolecular Hbond substituents is 3. The average Bonchev–Trinajstić information content (AvgIpc) is 2.90. The topological polar surface area (TPSA) is 60.7 Å². The molecule has 222 valence electrons. The summed E-state index contributed by atoms with van der Waals surface area (Å²) in [7, 11) is 0. The molecular weight excluding hydrogens is 516 g/mol. The van der Waals surface area contributed by atoms with E-state index in [0.717, 1.165) is 50.1 Å². The van der Waals surface area contributed by atoms with Gasteiger partial charge < -0.3 is 15.3 Å². The minimum absolute atomic E-state index is 0.200. The zero-order valence-corrected chi connectivity index (χ0v) is 27.5. The van der Waals surface area contributed by atoms with Gasteiger partial charge in [-0.3, -0.25) is 0 Å². The predicted molar refractivity (Wildman–Crippen MR) is 178 cm³/mol. The highest BCUT2D eigenvalue weighted by molar-refractivity contribution is 5.94. The lowest BCUT2D eigenvalue weighted by Gasteiger charge is -2.33. The van der Waals surface area contributed by atoms with Gasteiger partial charge in [0.2, 0.25) is 0 Å². The van der Waals surface area contributed by atoms with Crippen molar-refractivity contribution in [3.05, 3.63) is 86.5 Å². The van der Waals surface area contributed by atoms with Crippen molar-refractivity contribution in [3.63, 3.8) is 0 Å². The maximum Gasteiger partial charge on any atom is 0.121 e. The highest BCUT2D eigenvalue weighted by atomic mass is 16.3. The average molecular weight is 565 g/mol. The van der Waals surface area contributed by atoms with Crippen molar-refractivity contribution in [1.29, 1.82) is 0 Å². The fourth-order valence-corrected chi connectivity index (χ4v) is 6.78. The second kappa shape index (κ2) is 11.5. The molecule has 3 N–H and O–H groups in total. The molecule has 0 saturated heterocycles. The molecule has 4 rings (SSSR count). The summed E-state index contributed by atoms with van der Waals surface area (Å²) in [5.74, 6) is 1.61. The molecule has 0 aliphatic carbocycles. The molecule has 0 fully saturated rings. The van der Waals surface area contributed by atoms with E-state index in [9.17, 15) is 15.3 Å². The SMILES string of the molecule is Cc1cc(-c2c(C(C)C)c(-c3cc(C)c(O)c(C)c3)c(C(C)C)c(-c3cc(C)c(O)c(C)c3)c2C(C)C)cc(C)c1O. The molecule has 0 aliphatic rings. The van der Waals surface area contributed by atoms with Crippen LogP contribution in [0.3, 0.4) is 0 Å². The second-order valence-electron chi connectivity index (χ2n) is 13.2. The van der Waals surface area contributed by atoms with Crippen LogP contribution in [0.15, 0.2) is 36.4 Å². The van der Waals surface area contributed by atoms with Gasteiger partial charge in [-0.2, -0.15) is 0 Å². The fourth-order valence-electron chi connectivity index (χ4n) is 6.78. The maximum atomic E-state index is 10.7. The van der Waals surface area contributed by atoms with Crippen LogP contribution in [0.1, 0.15) is 109 Å². The zero-order valence-electron chi connectivity index (χ0n) is 27.5. The van der Waals surface area contributed by atoms with Gasteiger partial charge in [-0.15, -0.1) is 0 Å². The number of benzene rings is 4. The van der Waals surface area contributed by atoms with E-state index in [0.29, 0.717) is 17.2 Å². The molecule has 0 aromatic heterocycles. The largest absolute Gasteiger partial charge is 0.507 e. The van der Waals surface area contributed by atoms with Crippen LogP contribution in [0.25, 0.3) is 33.4 Å². The third-order valence-corrected chi connectivity index (χ3v) is 8.69. The van der Waals surface area contributed by atoms with Crippen molar-refractivity contribution in [2.24, 2.45) is 0 Å². The van der Waals surface area contributed by atoms with Crippen LogP contribution in [-0.2, 0) is 0 Å². The van der Waals surface area contributed by atoms with Crippen LogP contribution in [0.4, 0.5) is 0 Å². The Morgan fingerprint density at radius 2 is 0.524 bits per heavy atom. The number of aromatic hydroxyl groups is 3. The van der Waals surface area contributed by atoms with E-state index < -0.39 is 0 Å². The molecule has 0 unspecified atom stereocenters. The molecule has 4 aromatic carbocycles. The first-order valence-corrected chi connectivity index (χ1v) is 15.2. The monoisotopic (exact) mass is 564 g/mol. The van der Waals surface area contributed by atoms with Gasteiger partial charge in [0.1, 0.15) is 17.2 Å². The minimum Gasteiger partial charge on any atom is -0.507 e. The van der Waals surface area contributed by atoms with Crippen molar-refractivity contribution in [1.82, 2.24) is 0 Å². The quantitative estimate of drug-likeness (QED) is 0.218. The van der Waals surface area contributed by atoms with Crippen molar-refractivity contribution < 1.29 is 15.3 Å². The molecule has 0 saturated carbocycles. The van der Waals surface area contributed by atoms with E-state index in [1.165, 1.54) is 33.4 Å². The molecule has 0 radical (unpaired) electrons. The number of rotatable bonds is 6. The van der Waals surface area contributed by atoms with E-state index in [-0.39, 0.29) is 17.8 Å². The Labute approximate surface area is 252 Å². The van der Waals surface area contributed by atoms with Gasteiger partial charge in [0.05, 0.1) is 0 Å². The zero-order chi connectivity index (χ0) is 31.4. The van der Waals surface area contributed by atoms with Crippen LogP contribution in [0.2, 0.25) is 0 Å². The lowest BCUT2D eigenvalue weighted by atomic mass is 9.71. The molecule has 0 bridgehead atoms. The van der Waals surface area contributed by atoms with Crippen LogP contribution in [0, 0.1) is 41.5 Å².